The summed E-state index contributed by atoms with van der Waals surface area (Å²) in [4.78, 5) is 14.9. The van der Waals surface area contributed by atoms with E-state index in [1.807, 2.05) is 6.07 Å². The third kappa shape index (κ3) is 3.25. The fraction of sp³-hybridized carbons (Fsp3) is 0.211. The number of halogens is 2. The number of carbonyl (C=O) groups excluding carboxylic acids is 1. The van der Waals surface area contributed by atoms with Crippen LogP contribution < -0.4 is 9.80 Å². The van der Waals surface area contributed by atoms with Crippen LogP contribution in [0, 0.1) is 28.5 Å². The number of carbonyl (C=O) groups is 1. The Hall–Kier alpha value is -3.18. The maximum Gasteiger partial charge on any atom is 0.306 e. The topological polar surface area (TPSA) is 126 Å². The molecular weight excluding hydrogens is 435 g/mol. The highest BCUT2D eigenvalue weighted by Crippen LogP contribution is 2.42. The molecular formula is C19H14ClFN4O4S. The van der Waals surface area contributed by atoms with Gasteiger partial charge in [-0.15, -0.1) is 0 Å². The van der Waals surface area contributed by atoms with Crippen molar-refractivity contribution in [2.45, 2.75) is 24.9 Å². The van der Waals surface area contributed by atoms with Gasteiger partial charge in [-0.05, 0) is 50.2 Å². The van der Waals surface area contributed by atoms with Crippen LogP contribution in [-0.4, -0.2) is 29.9 Å². The van der Waals surface area contributed by atoms with Gasteiger partial charge in [0, 0.05) is 5.69 Å². The van der Waals surface area contributed by atoms with E-state index >= 15 is 0 Å². The highest BCUT2D eigenvalue weighted by Gasteiger charge is 2.58. The zero-order valence-corrected chi connectivity index (χ0v) is 17.2. The summed E-state index contributed by atoms with van der Waals surface area (Å²) in [6.45, 7) is 2.82. The Bertz CT molecular complexity index is 1230. The smallest absolute Gasteiger partial charge is 0.306 e. The normalized spacial score (nSPS) is 18.2. The fourth-order valence-corrected chi connectivity index (χ4v) is 4.67. The Labute approximate surface area is 177 Å². The molecule has 0 aliphatic carbocycles. The number of nitriles is 2. The van der Waals surface area contributed by atoms with E-state index in [0.29, 0.717) is 10.5 Å². The van der Waals surface area contributed by atoms with E-state index in [1.165, 1.54) is 38.1 Å². The molecule has 2 aromatic rings. The van der Waals surface area contributed by atoms with E-state index < -0.39 is 43.6 Å². The van der Waals surface area contributed by atoms with Crippen molar-refractivity contribution in [1.29, 1.82) is 10.5 Å². The van der Waals surface area contributed by atoms with Crippen molar-refractivity contribution in [3.05, 3.63) is 58.4 Å². The lowest BCUT2D eigenvalue weighted by Gasteiger charge is -2.34. The van der Waals surface area contributed by atoms with Crippen molar-refractivity contribution in [2.24, 2.45) is 0 Å². The van der Waals surface area contributed by atoms with Gasteiger partial charge in [-0.25, -0.2) is 4.39 Å². The zero-order chi connectivity index (χ0) is 22.4. The molecule has 1 aliphatic rings. The highest BCUT2D eigenvalue weighted by molar-refractivity contribution is 7.86. The van der Waals surface area contributed by atoms with Gasteiger partial charge < -0.3 is 4.90 Å². The molecule has 2 aromatic carbocycles. The summed E-state index contributed by atoms with van der Waals surface area (Å²) in [6.07, 6.45) is 0. The first-order valence-corrected chi connectivity index (χ1v) is 10.3. The summed E-state index contributed by atoms with van der Waals surface area (Å²) in [5, 5.41) is 17.4. The van der Waals surface area contributed by atoms with Crippen molar-refractivity contribution in [1.82, 2.24) is 0 Å². The average molecular weight is 449 g/mol. The molecule has 1 amide bonds. The molecule has 1 unspecified atom stereocenters. The first-order valence-electron chi connectivity index (χ1n) is 8.42. The van der Waals surface area contributed by atoms with Crippen molar-refractivity contribution >= 4 is 39.0 Å². The van der Waals surface area contributed by atoms with Gasteiger partial charge in [0.05, 0.1) is 27.9 Å². The van der Waals surface area contributed by atoms with Crippen LogP contribution in [0.2, 0.25) is 5.02 Å². The van der Waals surface area contributed by atoms with Crippen LogP contribution in [0.1, 0.15) is 25.0 Å². The molecule has 11 heteroatoms. The Morgan fingerprint density at radius 2 is 1.73 bits per heavy atom. The molecule has 0 aromatic heterocycles. The molecule has 1 aliphatic heterocycles. The van der Waals surface area contributed by atoms with Gasteiger partial charge in [-0.3, -0.25) is 14.2 Å². The molecule has 1 saturated heterocycles. The van der Waals surface area contributed by atoms with Gasteiger partial charge >= 0.3 is 10.1 Å². The van der Waals surface area contributed by atoms with Crippen LogP contribution in [0.15, 0.2) is 36.4 Å². The Morgan fingerprint density at radius 3 is 2.23 bits per heavy atom. The van der Waals surface area contributed by atoms with Crippen LogP contribution in [0.25, 0.3) is 0 Å². The zero-order valence-electron chi connectivity index (χ0n) is 15.7. The number of hydrogen-bond acceptors (Lipinski definition) is 6. The molecule has 3 rings (SSSR count). The van der Waals surface area contributed by atoms with Crippen molar-refractivity contribution in [2.75, 3.05) is 9.80 Å². The van der Waals surface area contributed by atoms with Crippen LogP contribution in [0.5, 0.6) is 0 Å². The minimum atomic E-state index is -4.97. The largest absolute Gasteiger partial charge is 0.322 e. The quantitative estimate of drug-likeness (QED) is 0.715. The SMILES string of the molecule is CC1(C)C(=O)N(c2ccc(C#N)c(Cl)c2F)C(S(=O)(=O)O)N1c1ccc(C#N)cc1. The molecule has 1 N–H and O–H groups in total. The predicted octanol–water partition coefficient (Wildman–Crippen LogP) is 3.03. The lowest BCUT2D eigenvalue weighted by atomic mass is 10.0. The van der Waals surface area contributed by atoms with Crippen molar-refractivity contribution in [3.8, 4) is 12.1 Å². The second-order valence-corrected chi connectivity index (χ2v) is 8.81. The predicted molar refractivity (Wildman–Crippen MR) is 107 cm³/mol. The summed E-state index contributed by atoms with van der Waals surface area (Å²) < 4.78 is 49.6. The average Bonchev–Trinajstić information content (AvgIpc) is 2.90. The fourth-order valence-electron chi connectivity index (χ4n) is 3.34. The minimum Gasteiger partial charge on any atom is -0.322 e. The second kappa shape index (κ2) is 7.26. The lowest BCUT2D eigenvalue weighted by molar-refractivity contribution is -0.120. The summed E-state index contributed by atoms with van der Waals surface area (Å²) in [7, 11) is -4.97. The molecule has 0 bridgehead atoms. The van der Waals surface area contributed by atoms with E-state index in [-0.39, 0.29) is 11.3 Å². The van der Waals surface area contributed by atoms with Gasteiger partial charge in [0.2, 0.25) is 5.50 Å². The number of nitrogens with zero attached hydrogens (tertiary/aromatic N) is 4. The molecule has 0 radical (unpaired) electrons. The molecule has 0 spiro atoms. The van der Waals surface area contributed by atoms with Crippen molar-refractivity contribution < 1.29 is 22.2 Å². The van der Waals surface area contributed by atoms with Crippen LogP contribution in [0.3, 0.4) is 0 Å². The van der Waals surface area contributed by atoms with Gasteiger partial charge in [-0.1, -0.05) is 11.6 Å². The number of benzene rings is 2. The maximum absolute atomic E-state index is 14.9. The monoisotopic (exact) mass is 448 g/mol. The Morgan fingerprint density at radius 1 is 1.13 bits per heavy atom. The maximum atomic E-state index is 14.9. The molecule has 1 fully saturated rings. The number of hydrogen-bond donors (Lipinski definition) is 1. The van der Waals surface area contributed by atoms with Crippen LogP contribution in [0.4, 0.5) is 15.8 Å². The summed E-state index contributed by atoms with van der Waals surface area (Å²) >= 11 is 5.85. The van der Waals surface area contributed by atoms with E-state index in [9.17, 15) is 22.2 Å². The van der Waals surface area contributed by atoms with Gasteiger partial charge in [-0.2, -0.15) is 18.9 Å². The van der Waals surface area contributed by atoms with Gasteiger partial charge in [0.25, 0.3) is 5.91 Å². The lowest BCUT2D eigenvalue weighted by Crippen LogP contribution is -2.49. The van der Waals surface area contributed by atoms with Gasteiger partial charge in [0.1, 0.15) is 11.6 Å². The second-order valence-electron chi connectivity index (χ2n) is 6.98. The third-order valence-corrected chi connectivity index (χ3v) is 6.09. The Kier molecular flexibility index (Phi) is 5.21. The van der Waals surface area contributed by atoms with Crippen LogP contribution in [-0.2, 0) is 14.9 Å². The summed E-state index contributed by atoms with van der Waals surface area (Å²) in [5.74, 6) is -2.00. The number of anilines is 2. The molecule has 8 nitrogen and oxygen atoms in total. The number of rotatable bonds is 3. The molecule has 0 saturated carbocycles. The molecule has 1 heterocycles. The summed E-state index contributed by atoms with van der Waals surface area (Å²) in [6, 6.07) is 11.5. The van der Waals surface area contributed by atoms with E-state index in [4.69, 9.17) is 22.1 Å². The third-order valence-electron chi connectivity index (χ3n) is 4.77. The molecule has 1 atom stereocenters. The standard InChI is InChI=1S/C19H14ClFN4O4S/c1-19(2)17(26)24(14-8-5-12(10-23)15(20)16(14)21)18(30(27,28)29)25(19)13-6-3-11(9-22)4-7-13/h3-8,18H,1-2H3,(H,27,28,29). The number of amides is 1. The van der Waals surface area contributed by atoms with Gasteiger partial charge in [0.15, 0.2) is 5.82 Å². The van der Waals surface area contributed by atoms with Crippen LogP contribution >= 0.6 is 11.6 Å². The first kappa shape index (κ1) is 21.5. The first-order chi connectivity index (χ1) is 13.9. The Balaban J connectivity index is 2.27. The summed E-state index contributed by atoms with van der Waals surface area (Å²) in [5.41, 5.74) is -3.73. The van der Waals surface area contributed by atoms with E-state index in [0.717, 1.165) is 17.0 Å². The molecule has 30 heavy (non-hydrogen) atoms. The minimum absolute atomic E-state index is 0.198. The highest BCUT2D eigenvalue weighted by atomic mass is 35.5. The van der Waals surface area contributed by atoms with Crippen molar-refractivity contribution in [3.63, 3.8) is 0 Å². The van der Waals surface area contributed by atoms with E-state index in [2.05, 4.69) is 0 Å². The van der Waals surface area contributed by atoms with E-state index in [1.54, 1.807) is 6.07 Å². The molecule has 154 valence electrons.